The van der Waals surface area contributed by atoms with Gasteiger partial charge >= 0.3 is 6.18 Å². The first-order valence-electron chi connectivity index (χ1n) is 8.79. The number of benzene rings is 2. The van der Waals surface area contributed by atoms with E-state index in [1.165, 1.54) is 11.6 Å². The van der Waals surface area contributed by atoms with Gasteiger partial charge < -0.3 is 0 Å². The topological polar surface area (TPSA) is 3.24 Å². The van der Waals surface area contributed by atoms with E-state index in [9.17, 15) is 17.6 Å². The van der Waals surface area contributed by atoms with E-state index in [4.69, 9.17) is 0 Å². The number of fused-ring (bicyclic) bond motifs is 2. The fraction of sp³-hybridized carbons (Fsp3) is 0.333. The Morgan fingerprint density at radius 3 is 2.42 bits per heavy atom. The molecule has 2 aliphatic rings. The monoisotopic (exact) mass is 361 g/mol. The Balaban J connectivity index is 1.58. The molecule has 2 atom stereocenters. The molecule has 2 unspecified atom stereocenters. The van der Waals surface area contributed by atoms with Gasteiger partial charge in [0.05, 0.1) is 5.56 Å². The number of nitrogens with zero attached hydrogens (tertiary/aromatic N) is 1. The molecule has 0 aliphatic carbocycles. The van der Waals surface area contributed by atoms with Crippen molar-refractivity contribution in [2.75, 3.05) is 0 Å². The van der Waals surface area contributed by atoms with E-state index in [1.807, 2.05) is 24.3 Å². The molecule has 1 fully saturated rings. The Labute approximate surface area is 149 Å². The lowest BCUT2D eigenvalue weighted by molar-refractivity contribution is -0.137. The highest BCUT2D eigenvalue weighted by Crippen LogP contribution is 2.40. The fourth-order valence-electron chi connectivity index (χ4n) is 4.11. The zero-order chi connectivity index (χ0) is 18.3. The van der Waals surface area contributed by atoms with Crippen LogP contribution in [-0.4, -0.2) is 17.0 Å². The highest BCUT2D eigenvalue weighted by atomic mass is 19.4. The predicted molar refractivity (Wildman–Crippen MR) is 92.8 cm³/mol. The summed E-state index contributed by atoms with van der Waals surface area (Å²) in [6.45, 7) is 0.843. The van der Waals surface area contributed by atoms with E-state index in [-0.39, 0.29) is 6.04 Å². The summed E-state index contributed by atoms with van der Waals surface area (Å²) in [5.41, 5.74) is 1.42. The molecule has 0 radical (unpaired) electrons. The van der Waals surface area contributed by atoms with Crippen LogP contribution in [0, 0.1) is 5.82 Å². The van der Waals surface area contributed by atoms with Crippen molar-refractivity contribution < 1.29 is 17.6 Å². The van der Waals surface area contributed by atoms with Crippen LogP contribution < -0.4 is 0 Å². The van der Waals surface area contributed by atoms with Crippen molar-refractivity contribution in [1.82, 2.24) is 4.90 Å². The fourth-order valence-corrected chi connectivity index (χ4v) is 4.11. The van der Waals surface area contributed by atoms with Crippen LogP contribution in [0.4, 0.5) is 17.6 Å². The average molecular weight is 361 g/mol. The average Bonchev–Trinajstić information content (AvgIpc) is 2.83. The van der Waals surface area contributed by atoms with Crippen molar-refractivity contribution in [3.8, 4) is 0 Å². The van der Waals surface area contributed by atoms with Crippen LogP contribution in [0.2, 0.25) is 0 Å². The molecule has 0 aromatic heterocycles. The molecule has 1 saturated heterocycles. The summed E-state index contributed by atoms with van der Waals surface area (Å²) in [6, 6.07) is 13.6. The molecule has 26 heavy (non-hydrogen) atoms. The van der Waals surface area contributed by atoms with Crippen molar-refractivity contribution >= 4 is 5.57 Å². The van der Waals surface area contributed by atoms with E-state index >= 15 is 0 Å². The first-order valence-corrected chi connectivity index (χ1v) is 8.79. The molecule has 2 heterocycles. The van der Waals surface area contributed by atoms with Gasteiger partial charge in [-0.15, -0.1) is 0 Å². The minimum Gasteiger partial charge on any atom is -0.289 e. The second-order valence-electron chi connectivity index (χ2n) is 7.04. The lowest BCUT2D eigenvalue weighted by Gasteiger charge is -2.34. The number of hydrogen-bond donors (Lipinski definition) is 0. The van der Waals surface area contributed by atoms with Crippen molar-refractivity contribution in [2.45, 2.75) is 44.1 Å². The van der Waals surface area contributed by atoms with Gasteiger partial charge in [0.1, 0.15) is 5.82 Å². The molecule has 2 aliphatic heterocycles. The van der Waals surface area contributed by atoms with Crippen LogP contribution in [0.5, 0.6) is 0 Å². The molecule has 2 aromatic carbocycles. The Hall–Kier alpha value is -2.14. The lowest BCUT2D eigenvalue weighted by Crippen LogP contribution is -2.37. The number of rotatable bonds is 3. The van der Waals surface area contributed by atoms with Gasteiger partial charge in [0.2, 0.25) is 0 Å². The summed E-state index contributed by atoms with van der Waals surface area (Å²) < 4.78 is 52.6. The van der Waals surface area contributed by atoms with Crippen LogP contribution in [0.15, 0.2) is 54.6 Å². The van der Waals surface area contributed by atoms with E-state index < -0.39 is 17.6 Å². The second kappa shape index (κ2) is 6.54. The number of alkyl halides is 3. The summed E-state index contributed by atoms with van der Waals surface area (Å²) in [5.74, 6) is -0.790. The van der Waals surface area contributed by atoms with Crippen LogP contribution in [0.3, 0.4) is 0 Å². The largest absolute Gasteiger partial charge is 0.416 e. The van der Waals surface area contributed by atoms with Gasteiger partial charge in [0, 0.05) is 24.2 Å². The van der Waals surface area contributed by atoms with Crippen LogP contribution >= 0.6 is 0 Å². The van der Waals surface area contributed by atoms with Gasteiger partial charge in [-0.05, 0) is 42.5 Å². The molecule has 0 amide bonds. The summed E-state index contributed by atoms with van der Waals surface area (Å²) in [6.07, 6.45) is 0.221. The van der Waals surface area contributed by atoms with Crippen molar-refractivity contribution in [1.29, 1.82) is 0 Å². The molecular weight excluding hydrogens is 342 g/mol. The quantitative estimate of drug-likeness (QED) is 0.637. The Bertz CT molecular complexity index is 826. The van der Waals surface area contributed by atoms with Crippen molar-refractivity contribution in [3.63, 3.8) is 0 Å². The zero-order valence-corrected chi connectivity index (χ0v) is 14.1. The van der Waals surface area contributed by atoms with E-state index in [0.717, 1.165) is 31.0 Å². The highest BCUT2D eigenvalue weighted by Gasteiger charge is 2.37. The van der Waals surface area contributed by atoms with E-state index in [0.29, 0.717) is 24.1 Å². The number of hydrogen-bond acceptors (Lipinski definition) is 1. The maximum Gasteiger partial charge on any atom is 0.416 e. The molecule has 2 bridgehead atoms. The third-order valence-corrected chi connectivity index (χ3v) is 5.39. The molecule has 0 N–H and O–H groups in total. The van der Waals surface area contributed by atoms with Gasteiger partial charge in [-0.25, -0.2) is 4.39 Å². The maximum absolute atomic E-state index is 14.3. The number of halogens is 4. The highest BCUT2D eigenvalue weighted by molar-refractivity contribution is 5.69. The third-order valence-electron chi connectivity index (χ3n) is 5.39. The molecule has 136 valence electrons. The zero-order valence-electron chi connectivity index (χ0n) is 14.1. The summed E-state index contributed by atoms with van der Waals surface area (Å²) in [5, 5.41) is 0. The smallest absolute Gasteiger partial charge is 0.289 e. The van der Waals surface area contributed by atoms with E-state index in [1.54, 1.807) is 0 Å². The standard InChI is InChI=1S/C21H19F4N/c22-20-12-16(21(23,24)25)6-9-19(20)15-10-17-7-8-18(11-15)26(17)13-14-4-2-1-3-5-14/h1-6,9-10,12,17-18H,7-8,11,13H2. The maximum atomic E-state index is 14.3. The minimum absolute atomic E-state index is 0.214. The van der Waals surface area contributed by atoms with Gasteiger partial charge in [-0.1, -0.05) is 42.5 Å². The second-order valence-corrected chi connectivity index (χ2v) is 7.04. The predicted octanol–water partition coefficient (Wildman–Crippen LogP) is 5.66. The summed E-state index contributed by atoms with van der Waals surface area (Å²) in [7, 11) is 0. The van der Waals surface area contributed by atoms with Crippen LogP contribution in [0.1, 0.15) is 36.0 Å². The first kappa shape index (κ1) is 17.3. The lowest BCUT2D eigenvalue weighted by atomic mass is 9.93. The molecule has 5 heteroatoms. The molecule has 0 saturated carbocycles. The van der Waals surface area contributed by atoms with E-state index in [2.05, 4.69) is 17.0 Å². The molecule has 0 spiro atoms. The molecular formula is C21H19F4N. The molecule has 1 nitrogen and oxygen atoms in total. The van der Waals surface area contributed by atoms with Crippen LogP contribution in [0.25, 0.3) is 5.57 Å². The Morgan fingerprint density at radius 1 is 1.00 bits per heavy atom. The summed E-state index contributed by atoms with van der Waals surface area (Å²) >= 11 is 0. The van der Waals surface area contributed by atoms with Gasteiger partial charge in [0.25, 0.3) is 0 Å². The molecule has 2 aromatic rings. The van der Waals surface area contributed by atoms with Crippen molar-refractivity contribution in [2.24, 2.45) is 0 Å². The Morgan fingerprint density at radius 2 is 1.77 bits per heavy atom. The first-order chi connectivity index (χ1) is 12.4. The van der Waals surface area contributed by atoms with Crippen molar-refractivity contribution in [3.05, 3.63) is 77.1 Å². The minimum atomic E-state index is -4.52. The van der Waals surface area contributed by atoms with Gasteiger partial charge in [-0.2, -0.15) is 13.2 Å². The normalized spacial score (nSPS) is 23.2. The van der Waals surface area contributed by atoms with Gasteiger partial charge in [-0.3, -0.25) is 4.90 Å². The SMILES string of the molecule is Fc1cc(C(F)(F)F)ccc1C1=CC2CCC(C1)N2Cc1ccccc1. The summed E-state index contributed by atoms with van der Waals surface area (Å²) in [4.78, 5) is 2.42. The van der Waals surface area contributed by atoms with Gasteiger partial charge in [0.15, 0.2) is 0 Å². The Kier molecular flexibility index (Phi) is 4.35. The molecule has 4 rings (SSSR count). The van der Waals surface area contributed by atoms with Crippen LogP contribution in [-0.2, 0) is 12.7 Å². The third kappa shape index (κ3) is 3.28.